The number of para-hydroxylation sites is 1. The molecule has 3 aliphatic heterocycles. The molecule has 0 amide bonds. The molecule has 3 atom stereocenters. The second kappa shape index (κ2) is 13.1. The fourth-order valence-corrected chi connectivity index (χ4v) is 7.24. The first-order valence-corrected chi connectivity index (χ1v) is 17.5. The number of morpholine rings is 1. The number of carboxylic acid groups (broad SMARTS) is 1. The molecule has 4 aromatic heterocycles. The van der Waals surface area contributed by atoms with Crippen molar-refractivity contribution in [1.82, 2.24) is 19.9 Å². The number of carbonyl (C=O) groups is 1. The zero-order valence-corrected chi connectivity index (χ0v) is 29.1. The van der Waals surface area contributed by atoms with Gasteiger partial charge in [-0.25, -0.2) is 19.7 Å². The fraction of sp³-hybridized carbons (Fsp3) is 0.410. The Kier molecular flexibility index (Phi) is 8.48. The van der Waals surface area contributed by atoms with Gasteiger partial charge < -0.3 is 33.5 Å². The highest BCUT2D eigenvalue weighted by Crippen LogP contribution is 2.41. The molecule has 1 aromatic carbocycles. The number of aromatic nitrogens is 4. The Morgan fingerprint density at radius 2 is 1.96 bits per heavy atom. The molecule has 0 unspecified atom stereocenters. The van der Waals surface area contributed by atoms with Crippen molar-refractivity contribution >= 4 is 39.5 Å². The molecule has 0 saturated carbocycles. The van der Waals surface area contributed by atoms with Gasteiger partial charge in [-0.05, 0) is 43.7 Å². The standard InChI is InChI=1S/C39H40N6O6/c1-5-29-26(9-8-14-40-29)13-12-25-17-30(44-15-16-49-39(24(44)4)21-48-22-39)37(41-19-25)50-27-18-31(38(46)47)45(20-27)36-34-33(42-35(43-36)23(2)3)28-10-6-7-11-32(28)51-34/h6-11,14,17,19,23-24,27,31H,5,15-16,18,20-22H2,1-4H3,(H,46,47)/t24-,27-,31-/m0/s1. The number of benzene rings is 1. The Bertz CT molecular complexity index is 2190. The summed E-state index contributed by atoms with van der Waals surface area (Å²) in [6, 6.07) is 12.6. The SMILES string of the molecule is CCc1ncccc1C#Cc1cnc(O[C@H]2C[C@@H](C(=O)O)N(c3nc(C(C)C)nc4c3oc3ccccc34)C2)c(N2CCOC3(COC3)[C@@H]2C)c1. The van der Waals surface area contributed by atoms with E-state index in [0.717, 1.165) is 34.3 Å². The molecular formula is C39H40N6O6. The third-order valence-corrected chi connectivity index (χ3v) is 10.2. The second-order valence-electron chi connectivity index (χ2n) is 13.7. The van der Waals surface area contributed by atoms with Crippen molar-refractivity contribution < 1.29 is 28.5 Å². The van der Waals surface area contributed by atoms with Crippen LogP contribution in [0.15, 0.2) is 59.3 Å². The number of nitrogens with zero attached hydrogens (tertiary/aromatic N) is 6. The maximum absolute atomic E-state index is 12.8. The molecule has 0 radical (unpaired) electrons. The Balaban J connectivity index is 1.16. The molecule has 8 rings (SSSR count). The fourth-order valence-electron chi connectivity index (χ4n) is 7.24. The average Bonchev–Trinajstić information content (AvgIpc) is 3.72. The highest BCUT2D eigenvalue weighted by molar-refractivity contribution is 6.06. The molecule has 0 aliphatic carbocycles. The summed E-state index contributed by atoms with van der Waals surface area (Å²) in [6.45, 7) is 10.7. The number of aliphatic carboxylic acids is 1. The van der Waals surface area contributed by atoms with Gasteiger partial charge in [0.1, 0.15) is 40.4 Å². The monoisotopic (exact) mass is 688 g/mol. The van der Waals surface area contributed by atoms with Crippen LogP contribution in [0.25, 0.3) is 22.1 Å². The van der Waals surface area contributed by atoms with Gasteiger partial charge in [0.05, 0.1) is 38.1 Å². The van der Waals surface area contributed by atoms with E-state index in [1.807, 2.05) is 56.3 Å². The molecule has 0 bridgehead atoms. The predicted molar refractivity (Wildman–Crippen MR) is 191 cm³/mol. The number of aryl methyl sites for hydroxylation is 1. The molecule has 3 saturated heterocycles. The number of rotatable bonds is 7. The van der Waals surface area contributed by atoms with Crippen LogP contribution >= 0.6 is 0 Å². The van der Waals surface area contributed by atoms with E-state index in [9.17, 15) is 9.90 Å². The largest absolute Gasteiger partial charge is 0.480 e. The lowest BCUT2D eigenvalue weighted by atomic mass is 9.90. The van der Waals surface area contributed by atoms with Gasteiger partial charge in [-0.2, -0.15) is 0 Å². The van der Waals surface area contributed by atoms with Crippen molar-refractivity contribution in [1.29, 1.82) is 0 Å². The maximum atomic E-state index is 12.8. The highest BCUT2D eigenvalue weighted by atomic mass is 16.6. The van der Waals surface area contributed by atoms with E-state index in [-0.39, 0.29) is 24.9 Å². The van der Waals surface area contributed by atoms with E-state index in [2.05, 4.69) is 35.6 Å². The van der Waals surface area contributed by atoms with Crippen LogP contribution in [0, 0.1) is 11.8 Å². The Morgan fingerprint density at radius 3 is 2.73 bits per heavy atom. The summed E-state index contributed by atoms with van der Waals surface area (Å²) >= 11 is 0. The predicted octanol–water partition coefficient (Wildman–Crippen LogP) is 5.36. The topological polar surface area (TPSA) is 136 Å². The summed E-state index contributed by atoms with van der Waals surface area (Å²) in [7, 11) is 0. The summed E-state index contributed by atoms with van der Waals surface area (Å²) in [6.07, 6.45) is 3.98. The molecule has 12 heteroatoms. The number of ether oxygens (including phenoxy) is 3. The molecule has 51 heavy (non-hydrogen) atoms. The number of anilines is 2. The number of furan rings is 1. The zero-order chi connectivity index (χ0) is 35.3. The maximum Gasteiger partial charge on any atom is 0.326 e. The van der Waals surface area contributed by atoms with Gasteiger partial charge in [-0.3, -0.25) is 4.98 Å². The minimum Gasteiger partial charge on any atom is -0.480 e. The number of hydrogen-bond acceptors (Lipinski definition) is 11. The van der Waals surface area contributed by atoms with Crippen LogP contribution in [0.5, 0.6) is 5.88 Å². The van der Waals surface area contributed by atoms with E-state index in [1.165, 1.54) is 0 Å². The Hall–Kier alpha value is -5.25. The van der Waals surface area contributed by atoms with Crippen molar-refractivity contribution in [2.24, 2.45) is 0 Å². The highest BCUT2D eigenvalue weighted by Gasteiger charge is 2.50. The molecule has 3 fully saturated rings. The summed E-state index contributed by atoms with van der Waals surface area (Å²) in [4.78, 5) is 35.9. The molecule has 262 valence electrons. The summed E-state index contributed by atoms with van der Waals surface area (Å²) < 4.78 is 24.8. The molecule has 7 heterocycles. The first-order valence-electron chi connectivity index (χ1n) is 17.5. The van der Waals surface area contributed by atoms with Gasteiger partial charge >= 0.3 is 5.97 Å². The lowest BCUT2D eigenvalue weighted by Gasteiger charge is -2.53. The van der Waals surface area contributed by atoms with E-state index in [0.29, 0.717) is 60.6 Å². The van der Waals surface area contributed by atoms with Crippen LogP contribution in [0.1, 0.15) is 62.7 Å². The van der Waals surface area contributed by atoms with E-state index < -0.39 is 23.7 Å². The Morgan fingerprint density at radius 1 is 1.12 bits per heavy atom. The van der Waals surface area contributed by atoms with Crippen molar-refractivity contribution in [2.45, 2.75) is 70.2 Å². The lowest BCUT2D eigenvalue weighted by Crippen LogP contribution is -2.68. The number of carboxylic acids is 1. The summed E-state index contributed by atoms with van der Waals surface area (Å²) in [5.74, 6) is 7.10. The third-order valence-electron chi connectivity index (χ3n) is 10.2. The smallest absolute Gasteiger partial charge is 0.326 e. The summed E-state index contributed by atoms with van der Waals surface area (Å²) in [5.41, 5.74) is 4.71. The Labute approximate surface area is 295 Å². The van der Waals surface area contributed by atoms with Crippen molar-refractivity contribution in [3.05, 3.63) is 77.5 Å². The average molecular weight is 689 g/mol. The van der Waals surface area contributed by atoms with Gasteiger partial charge in [0.15, 0.2) is 11.4 Å². The second-order valence-corrected chi connectivity index (χ2v) is 13.7. The number of pyridine rings is 2. The van der Waals surface area contributed by atoms with E-state index in [4.69, 9.17) is 33.6 Å². The van der Waals surface area contributed by atoms with Crippen LogP contribution in [0.4, 0.5) is 11.5 Å². The molecule has 3 aliphatic rings. The zero-order valence-electron chi connectivity index (χ0n) is 29.1. The third kappa shape index (κ3) is 5.90. The first kappa shape index (κ1) is 32.9. The van der Waals surface area contributed by atoms with Crippen LogP contribution in [0.3, 0.4) is 0 Å². The van der Waals surface area contributed by atoms with Crippen molar-refractivity contribution in [2.75, 3.05) is 42.7 Å². The van der Waals surface area contributed by atoms with E-state index >= 15 is 0 Å². The summed E-state index contributed by atoms with van der Waals surface area (Å²) in [5, 5.41) is 11.3. The van der Waals surface area contributed by atoms with Crippen molar-refractivity contribution in [3.63, 3.8) is 0 Å². The molecule has 5 aromatic rings. The van der Waals surface area contributed by atoms with E-state index in [1.54, 1.807) is 17.3 Å². The molecule has 1 N–H and O–H groups in total. The van der Waals surface area contributed by atoms with Crippen LogP contribution in [-0.2, 0) is 20.7 Å². The van der Waals surface area contributed by atoms with Gasteiger partial charge in [0, 0.05) is 47.8 Å². The first-order chi connectivity index (χ1) is 24.7. The van der Waals surface area contributed by atoms with Gasteiger partial charge in [0.2, 0.25) is 5.88 Å². The molecule has 12 nitrogen and oxygen atoms in total. The normalized spacial score (nSPS) is 21.2. The molecule has 1 spiro atoms. The van der Waals surface area contributed by atoms with Crippen LogP contribution in [-0.4, -0.2) is 87.7 Å². The van der Waals surface area contributed by atoms with Crippen LogP contribution < -0.4 is 14.5 Å². The van der Waals surface area contributed by atoms with Crippen molar-refractivity contribution in [3.8, 4) is 17.7 Å². The van der Waals surface area contributed by atoms with Gasteiger partial charge in [0.25, 0.3) is 0 Å². The number of fused-ring (bicyclic) bond motifs is 3. The minimum atomic E-state index is -0.968. The quantitative estimate of drug-likeness (QED) is 0.221. The lowest BCUT2D eigenvalue weighted by molar-refractivity contribution is -0.228. The van der Waals surface area contributed by atoms with Crippen LogP contribution in [0.2, 0.25) is 0 Å². The minimum absolute atomic E-state index is 0.0136. The van der Waals surface area contributed by atoms with Gasteiger partial charge in [-0.1, -0.05) is 44.7 Å². The van der Waals surface area contributed by atoms with Gasteiger partial charge in [-0.15, -0.1) is 0 Å². The number of hydrogen-bond donors (Lipinski definition) is 1. The molecular weight excluding hydrogens is 648 g/mol.